The van der Waals surface area contributed by atoms with Gasteiger partial charge in [0.05, 0.1) is 55.4 Å². The summed E-state index contributed by atoms with van der Waals surface area (Å²) in [6.07, 6.45) is 17.8. The first-order valence-electron chi connectivity index (χ1n) is 23.6. The number of esters is 1. The van der Waals surface area contributed by atoms with E-state index in [4.69, 9.17) is 37.9 Å². The first-order chi connectivity index (χ1) is 29.7. The number of carbonyl (C=O) groups is 2. The highest BCUT2D eigenvalue weighted by Gasteiger charge is 2.60. The zero-order chi connectivity index (χ0) is 44.1. The molecule has 12 heteroatoms. The Bertz CT molecular complexity index is 1800. The van der Waals surface area contributed by atoms with Gasteiger partial charge in [0.25, 0.3) is 0 Å². The van der Waals surface area contributed by atoms with Crippen molar-refractivity contribution in [3.8, 4) is 0 Å². The van der Waals surface area contributed by atoms with E-state index in [1.807, 2.05) is 19.1 Å². The van der Waals surface area contributed by atoms with Crippen LogP contribution in [0, 0.1) is 35.5 Å². The van der Waals surface area contributed by atoms with Crippen LogP contribution in [0.5, 0.6) is 0 Å². The van der Waals surface area contributed by atoms with E-state index in [2.05, 4.69) is 45.9 Å². The number of aliphatic hydroxyl groups excluding tert-OH is 1. The molecule has 1 saturated carbocycles. The van der Waals surface area contributed by atoms with Crippen molar-refractivity contribution in [2.75, 3.05) is 20.8 Å². The zero-order valence-electron chi connectivity index (χ0n) is 38.1. The number of rotatable bonds is 5. The Hall–Kier alpha value is -2.52. The number of ether oxygens (including phenoxy) is 8. The van der Waals surface area contributed by atoms with Crippen molar-refractivity contribution in [2.24, 2.45) is 35.5 Å². The summed E-state index contributed by atoms with van der Waals surface area (Å²) in [5.41, 5.74) is 0.0613. The predicted octanol–water partition coefficient (Wildman–Crippen LogP) is 6.67. The van der Waals surface area contributed by atoms with Crippen molar-refractivity contribution in [1.29, 1.82) is 0 Å². The summed E-state index contributed by atoms with van der Waals surface area (Å²) in [7, 11) is 3.38. The van der Waals surface area contributed by atoms with E-state index in [-0.39, 0.29) is 84.9 Å². The van der Waals surface area contributed by atoms with E-state index in [0.29, 0.717) is 49.2 Å². The normalized spacial score (nSPS) is 49.2. The van der Waals surface area contributed by atoms with Gasteiger partial charge in [-0.05, 0) is 76.0 Å². The lowest BCUT2D eigenvalue weighted by Gasteiger charge is -2.49. The molecule has 0 radical (unpaired) electrons. The molecule has 2 aliphatic carbocycles. The monoisotopic (exact) mass is 865 g/mol. The summed E-state index contributed by atoms with van der Waals surface area (Å²) < 4.78 is 52.0. The molecule has 5 fully saturated rings. The van der Waals surface area contributed by atoms with Crippen LogP contribution in [0.1, 0.15) is 106 Å². The molecule has 0 aromatic rings. The fraction of sp³-hybridized carbons (Fsp3) is 0.760. The third-order valence-corrected chi connectivity index (χ3v) is 15.9. The molecule has 18 atom stereocenters. The van der Waals surface area contributed by atoms with Gasteiger partial charge in [0.15, 0.2) is 17.7 Å². The average molecular weight is 865 g/mol. The maximum absolute atomic E-state index is 14.4. The van der Waals surface area contributed by atoms with Gasteiger partial charge in [-0.25, -0.2) is 0 Å². The minimum atomic E-state index is -1.91. The van der Waals surface area contributed by atoms with Gasteiger partial charge in [0.2, 0.25) is 0 Å². The third kappa shape index (κ3) is 8.78. The first-order valence-corrected chi connectivity index (χ1v) is 23.6. The summed E-state index contributed by atoms with van der Waals surface area (Å²) in [4.78, 5) is 27.9. The van der Waals surface area contributed by atoms with Crippen molar-refractivity contribution in [3.05, 3.63) is 59.3 Å². The Morgan fingerprint density at radius 3 is 2.31 bits per heavy atom. The molecule has 344 valence electrons. The number of carbonyl (C=O) groups excluding carboxylic acids is 2. The SMILES string of the molecule is CO[C@H]1C[C@H](C2/C(C)=C/C[C@@H]3C[C@@H](C[C@]4(C=C[C@H](C)[C@@H](C5CCCCC5)O4)O3)OC(=O)[C@@H]3C=C(C)C(=O)[C@H]4OC/C(=C\C=C\[C@@H]2C)[C@]43O)O[C@@H](C)C1[C@H]1C[C@H](OC)[C@@H](O)[C@H](C)O1. The van der Waals surface area contributed by atoms with Crippen LogP contribution in [0.3, 0.4) is 0 Å². The smallest absolute Gasteiger partial charge is 0.316 e. The van der Waals surface area contributed by atoms with Crippen LogP contribution in [-0.4, -0.2) is 121 Å². The molecule has 4 saturated heterocycles. The third-order valence-electron chi connectivity index (χ3n) is 15.9. The predicted molar refractivity (Wildman–Crippen MR) is 231 cm³/mol. The summed E-state index contributed by atoms with van der Waals surface area (Å²) in [5.74, 6) is -2.70. The van der Waals surface area contributed by atoms with Crippen LogP contribution in [0.15, 0.2) is 59.3 Å². The van der Waals surface area contributed by atoms with Crippen LogP contribution >= 0.6 is 0 Å². The summed E-state index contributed by atoms with van der Waals surface area (Å²) in [5, 5.41) is 23.3. The molecular weight excluding hydrogens is 793 g/mol. The number of aliphatic hydroxyl groups is 2. The van der Waals surface area contributed by atoms with Crippen molar-refractivity contribution >= 4 is 11.8 Å². The van der Waals surface area contributed by atoms with Gasteiger partial charge in [-0.2, -0.15) is 0 Å². The van der Waals surface area contributed by atoms with Crippen molar-refractivity contribution < 1.29 is 57.7 Å². The molecule has 1 spiro atoms. The summed E-state index contributed by atoms with van der Waals surface area (Å²) in [6, 6.07) is 0. The second-order valence-corrected chi connectivity index (χ2v) is 19.9. The Balaban J connectivity index is 1.14. The largest absolute Gasteiger partial charge is 0.462 e. The number of hydrogen-bond acceptors (Lipinski definition) is 12. The Morgan fingerprint density at radius 2 is 1.56 bits per heavy atom. The molecule has 2 bridgehead atoms. The van der Waals surface area contributed by atoms with Gasteiger partial charge in [-0.1, -0.05) is 75.1 Å². The van der Waals surface area contributed by atoms with E-state index in [9.17, 15) is 19.8 Å². The number of fused-ring (bicyclic) bond motifs is 2. The Morgan fingerprint density at radius 1 is 0.839 bits per heavy atom. The van der Waals surface area contributed by atoms with Crippen LogP contribution in [-0.2, 0) is 47.5 Å². The van der Waals surface area contributed by atoms with Gasteiger partial charge in [-0.15, -0.1) is 0 Å². The molecule has 6 heterocycles. The molecule has 12 nitrogen and oxygen atoms in total. The van der Waals surface area contributed by atoms with Gasteiger partial charge < -0.3 is 48.1 Å². The number of hydrogen-bond donors (Lipinski definition) is 2. The standard InChI is InChI=1S/C50H72O12/c1-27-13-12-16-34-26-57-47-44(51)30(4)21-37(50(34,47)54)48(53)60-36-22-35(61-49(25-36)20-19-29(3)46(62-49)33-14-10-9-11-15-33)18-17-28(2)42(27)39-23-38(55-7)43(31(5)58-39)40-24-41(56-8)45(52)32(6)59-40/h12-13,16-17,19-21,27,29,31-33,35-43,45-47,52,54H,9-11,14-15,18,22-26H2,1-8H3/b13-12+,28-17+,34-16+/t27-,29-,31-,32-,35+,36-,37-,38-,39+,40+,41-,42?,43?,45-,46-,47+,49+,50+/m0/s1. The van der Waals surface area contributed by atoms with Crippen LogP contribution in [0.2, 0.25) is 0 Å². The molecule has 8 aliphatic rings. The topological polar surface area (TPSA) is 148 Å². The lowest BCUT2D eigenvalue weighted by Crippen LogP contribution is -2.57. The fourth-order valence-corrected chi connectivity index (χ4v) is 12.5. The van der Waals surface area contributed by atoms with Gasteiger partial charge >= 0.3 is 5.97 Å². The fourth-order valence-electron chi connectivity index (χ4n) is 12.5. The minimum Gasteiger partial charge on any atom is -0.462 e. The van der Waals surface area contributed by atoms with Crippen molar-refractivity contribution in [2.45, 2.75) is 184 Å². The summed E-state index contributed by atoms with van der Waals surface area (Å²) >= 11 is 0. The Kier molecular flexibility index (Phi) is 13.9. The van der Waals surface area contributed by atoms with Crippen molar-refractivity contribution in [1.82, 2.24) is 0 Å². The summed E-state index contributed by atoms with van der Waals surface area (Å²) in [6.45, 7) is 12.2. The van der Waals surface area contributed by atoms with Gasteiger partial charge in [-0.3, -0.25) is 9.59 Å². The molecule has 0 amide bonds. The number of Topliss-reactive ketones (excluding diaryl/α,β-unsaturated/α-hetero) is 1. The first kappa shape index (κ1) is 46.0. The molecule has 6 aliphatic heterocycles. The van der Waals surface area contributed by atoms with Crippen LogP contribution in [0.4, 0.5) is 0 Å². The molecule has 8 rings (SSSR count). The van der Waals surface area contributed by atoms with Crippen molar-refractivity contribution in [3.63, 3.8) is 0 Å². The van der Waals surface area contributed by atoms with E-state index >= 15 is 0 Å². The number of ketones is 1. The van der Waals surface area contributed by atoms with E-state index in [0.717, 1.165) is 18.4 Å². The molecule has 0 aromatic heterocycles. The minimum absolute atomic E-state index is 0.00365. The second-order valence-electron chi connectivity index (χ2n) is 19.9. The highest BCUT2D eigenvalue weighted by Crippen LogP contribution is 2.48. The van der Waals surface area contributed by atoms with Crippen LogP contribution < -0.4 is 0 Å². The van der Waals surface area contributed by atoms with E-state index < -0.39 is 41.6 Å². The lowest BCUT2D eigenvalue weighted by molar-refractivity contribution is -0.301. The maximum Gasteiger partial charge on any atom is 0.316 e. The second kappa shape index (κ2) is 18.8. The lowest BCUT2D eigenvalue weighted by atomic mass is 9.71. The zero-order valence-corrected chi connectivity index (χ0v) is 38.1. The molecule has 62 heavy (non-hydrogen) atoms. The van der Waals surface area contributed by atoms with E-state index in [1.165, 1.54) is 19.3 Å². The average Bonchev–Trinajstić information content (AvgIpc) is 3.59. The highest BCUT2D eigenvalue weighted by atomic mass is 16.7. The quantitative estimate of drug-likeness (QED) is 0.225. The Labute approximate surface area is 368 Å². The maximum atomic E-state index is 14.4. The molecular formula is C50H72O12. The van der Waals surface area contributed by atoms with Crippen LogP contribution in [0.25, 0.3) is 0 Å². The van der Waals surface area contributed by atoms with E-state index in [1.54, 1.807) is 33.3 Å². The molecule has 0 aromatic carbocycles. The number of allylic oxidation sites excluding steroid dienone is 3. The molecule has 2 N–H and O–H groups in total. The number of methoxy groups -OCH3 is 2. The highest BCUT2D eigenvalue weighted by molar-refractivity contribution is 6.03. The molecule has 2 unspecified atom stereocenters. The van der Waals surface area contributed by atoms with Gasteiger partial charge in [0, 0.05) is 57.7 Å². The van der Waals surface area contributed by atoms with Gasteiger partial charge in [0.1, 0.15) is 23.7 Å².